The molecule has 1 aromatic rings. The number of carbonyl (C=O) groups excluding carboxylic acids is 1. The second-order valence-corrected chi connectivity index (χ2v) is 5.37. The highest BCUT2D eigenvalue weighted by Crippen LogP contribution is 2.30. The van der Waals surface area contributed by atoms with Crippen molar-refractivity contribution in [2.45, 2.75) is 38.9 Å². The van der Waals surface area contributed by atoms with Crippen molar-refractivity contribution in [2.24, 2.45) is 0 Å². The molecule has 1 unspecified atom stereocenters. The first-order valence-corrected chi connectivity index (χ1v) is 7.98. The van der Waals surface area contributed by atoms with E-state index in [4.69, 9.17) is 9.47 Å². The summed E-state index contributed by atoms with van der Waals surface area (Å²) in [5.41, 5.74) is 2.18. The van der Waals surface area contributed by atoms with E-state index in [-0.39, 0.29) is 18.0 Å². The van der Waals surface area contributed by atoms with Gasteiger partial charge in [-0.15, -0.1) is 0 Å². The highest BCUT2D eigenvalue weighted by Gasteiger charge is 2.22. The number of hydrogen-bond acceptors (Lipinski definition) is 4. The van der Waals surface area contributed by atoms with Crippen molar-refractivity contribution < 1.29 is 14.3 Å². The number of rotatable bonds is 8. The lowest BCUT2D eigenvalue weighted by molar-refractivity contribution is -0.132. The van der Waals surface area contributed by atoms with E-state index in [1.165, 1.54) is 5.56 Å². The molecule has 0 saturated heterocycles. The number of carbonyl (C=O) groups is 1. The van der Waals surface area contributed by atoms with Gasteiger partial charge in [-0.25, -0.2) is 0 Å². The van der Waals surface area contributed by atoms with E-state index in [1.807, 2.05) is 32.0 Å². The van der Waals surface area contributed by atoms with Gasteiger partial charge in [-0.05, 0) is 31.7 Å². The van der Waals surface area contributed by atoms with Crippen LogP contribution < -0.4 is 5.32 Å². The second kappa shape index (κ2) is 8.71. The molecule has 4 heteroatoms. The zero-order chi connectivity index (χ0) is 15.8. The summed E-state index contributed by atoms with van der Waals surface area (Å²) in [6, 6.07) is 10.2. The van der Waals surface area contributed by atoms with Gasteiger partial charge in [-0.1, -0.05) is 30.3 Å². The number of hydrogen-bond donors (Lipinski definition) is 1. The molecule has 0 amide bonds. The van der Waals surface area contributed by atoms with E-state index in [2.05, 4.69) is 17.4 Å². The number of nitrogens with one attached hydrogen (secondary N) is 1. The lowest BCUT2D eigenvalue weighted by Crippen LogP contribution is -2.33. The standard InChI is InChI=1S/C18H25NO3/c1-3-21-18(22-4-2)13-19-16-10-15(11-17(20)12-16)14-8-6-5-7-9-14/h5-9,12,15,18-19H,3-4,10-11,13H2,1-2H3. The maximum absolute atomic E-state index is 12.0. The quantitative estimate of drug-likeness (QED) is 0.750. The summed E-state index contributed by atoms with van der Waals surface area (Å²) in [5, 5.41) is 3.31. The van der Waals surface area contributed by atoms with Crippen LogP contribution in [0.2, 0.25) is 0 Å². The van der Waals surface area contributed by atoms with Crippen molar-refractivity contribution in [2.75, 3.05) is 19.8 Å². The second-order valence-electron chi connectivity index (χ2n) is 5.37. The van der Waals surface area contributed by atoms with E-state index >= 15 is 0 Å². The van der Waals surface area contributed by atoms with Gasteiger partial charge in [0.1, 0.15) is 0 Å². The van der Waals surface area contributed by atoms with E-state index < -0.39 is 0 Å². The monoisotopic (exact) mass is 303 g/mol. The third-order valence-corrected chi connectivity index (χ3v) is 3.72. The first kappa shape index (κ1) is 16.7. The number of benzene rings is 1. The Bertz CT molecular complexity index is 492. The van der Waals surface area contributed by atoms with Crippen LogP contribution >= 0.6 is 0 Å². The molecule has 1 aromatic carbocycles. The molecule has 1 N–H and O–H groups in total. The van der Waals surface area contributed by atoms with Gasteiger partial charge in [-0.2, -0.15) is 0 Å². The Morgan fingerprint density at radius 3 is 2.45 bits per heavy atom. The van der Waals surface area contributed by atoms with Gasteiger partial charge in [0.25, 0.3) is 0 Å². The average molecular weight is 303 g/mol. The Morgan fingerprint density at radius 2 is 1.82 bits per heavy atom. The van der Waals surface area contributed by atoms with Crippen LogP contribution in [-0.4, -0.2) is 31.8 Å². The molecular formula is C18H25NO3. The fourth-order valence-corrected chi connectivity index (χ4v) is 2.73. The zero-order valence-corrected chi connectivity index (χ0v) is 13.4. The molecule has 22 heavy (non-hydrogen) atoms. The fourth-order valence-electron chi connectivity index (χ4n) is 2.73. The summed E-state index contributed by atoms with van der Waals surface area (Å²) in [6.07, 6.45) is 2.87. The van der Waals surface area contributed by atoms with Gasteiger partial charge >= 0.3 is 0 Å². The van der Waals surface area contributed by atoms with Crippen molar-refractivity contribution in [3.05, 3.63) is 47.7 Å². The predicted octanol–water partition coefficient (Wildman–Crippen LogP) is 3.01. The zero-order valence-electron chi connectivity index (χ0n) is 13.4. The van der Waals surface area contributed by atoms with Gasteiger partial charge in [0, 0.05) is 31.4 Å². The SMILES string of the molecule is CCOC(CNC1=CC(=O)CC(c2ccccc2)C1)OCC. The molecule has 0 aromatic heterocycles. The van der Waals surface area contributed by atoms with Crippen LogP contribution in [0.1, 0.15) is 38.2 Å². The average Bonchev–Trinajstić information content (AvgIpc) is 2.53. The Morgan fingerprint density at radius 1 is 1.14 bits per heavy atom. The molecule has 0 bridgehead atoms. The lowest BCUT2D eigenvalue weighted by Gasteiger charge is -2.25. The van der Waals surface area contributed by atoms with Gasteiger partial charge in [0.15, 0.2) is 12.1 Å². The summed E-state index contributed by atoms with van der Waals surface area (Å²) in [7, 11) is 0. The molecule has 0 saturated carbocycles. The maximum Gasteiger partial charge on any atom is 0.174 e. The third kappa shape index (κ3) is 4.97. The Balaban J connectivity index is 1.94. The Hall–Kier alpha value is -1.65. The number of ether oxygens (including phenoxy) is 2. The van der Waals surface area contributed by atoms with Gasteiger partial charge in [0.05, 0.1) is 6.54 Å². The largest absolute Gasteiger partial charge is 0.383 e. The lowest BCUT2D eigenvalue weighted by atomic mass is 9.85. The van der Waals surface area contributed by atoms with Crippen LogP contribution in [0.3, 0.4) is 0 Å². The number of ketones is 1. The van der Waals surface area contributed by atoms with Crippen LogP contribution in [0.5, 0.6) is 0 Å². The summed E-state index contributed by atoms with van der Waals surface area (Å²) in [6.45, 7) is 5.66. The van der Waals surface area contributed by atoms with Crippen LogP contribution in [0.25, 0.3) is 0 Å². The number of allylic oxidation sites excluding steroid dienone is 2. The smallest absolute Gasteiger partial charge is 0.174 e. The molecule has 1 atom stereocenters. The first-order chi connectivity index (χ1) is 10.7. The van der Waals surface area contributed by atoms with Crippen molar-refractivity contribution in [3.8, 4) is 0 Å². The highest BCUT2D eigenvalue weighted by molar-refractivity contribution is 5.91. The van der Waals surface area contributed by atoms with Crippen LogP contribution in [0, 0.1) is 0 Å². The van der Waals surface area contributed by atoms with Crippen LogP contribution in [0.15, 0.2) is 42.1 Å². The van der Waals surface area contributed by atoms with E-state index in [9.17, 15) is 4.79 Å². The third-order valence-electron chi connectivity index (χ3n) is 3.72. The molecule has 120 valence electrons. The molecule has 0 radical (unpaired) electrons. The molecule has 0 aliphatic heterocycles. The van der Waals surface area contributed by atoms with Crippen molar-refractivity contribution >= 4 is 5.78 Å². The molecule has 1 aliphatic rings. The van der Waals surface area contributed by atoms with E-state index in [1.54, 1.807) is 6.08 Å². The summed E-state index contributed by atoms with van der Waals surface area (Å²) >= 11 is 0. The van der Waals surface area contributed by atoms with Crippen molar-refractivity contribution in [1.82, 2.24) is 5.32 Å². The van der Waals surface area contributed by atoms with Gasteiger partial charge in [0.2, 0.25) is 0 Å². The normalized spacial score (nSPS) is 18.4. The minimum atomic E-state index is -0.275. The van der Waals surface area contributed by atoms with E-state index in [0.717, 1.165) is 12.1 Å². The first-order valence-electron chi connectivity index (χ1n) is 7.98. The van der Waals surface area contributed by atoms with E-state index in [0.29, 0.717) is 26.2 Å². The molecule has 0 fully saturated rings. The summed E-state index contributed by atoms with van der Waals surface area (Å²) < 4.78 is 11.0. The maximum atomic E-state index is 12.0. The molecule has 2 rings (SSSR count). The van der Waals surface area contributed by atoms with Crippen LogP contribution in [0.4, 0.5) is 0 Å². The van der Waals surface area contributed by atoms with Gasteiger partial charge < -0.3 is 14.8 Å². The summed E-state index contributed by atoms with van der Waals surface area (Å²) in [4.78, 5) is 12.0. The fraction of sp³-hybridized carbons (Fsp3) is 0.500. The minimum absolute atomic E-state index is 0.173. The molecular weight excluding hydrogens is 278 g/mol. The highest BCUT2D eigenvalue weighted by atomic mass is 16.7. The van der Waals surface area contributed by atoms with Crippen molar-refractivity contribution in [1.29, 1.82) is 0 Å². The molecule has 0 heterocycles. The molecule has 4 nitrogen and oxygen atoms in total. The van der Waals surface area contributed by atoms with Crippen molar-refractivity contribution in [3.63, 3.8) is 0 Å². The topological polar surface area (TPSA) is 47.6 Å². The Labute approximate surface area is 132 Å². The summed E-state index contributed by atoms with van der Waals surface area (Å²) in [5.74, 6) is 0.422. The van der Waals surface area contributed by atoms with Gasteiger partial charge in [-0.3, -0.25) is 4.79 Å². The molecule has 1 aliphatic carbocycles. The Kier molecular flexibility index (Phi) is 6.62. The van der Waals surface area contributed by atoms with Crippen LogP contribution in [-0.2, 0) is 14.3 Å². The minimum Gasteiger partial charge on any atom is -0.383 e. The predicted molar refractivity (Wildman–Crippen MR) is 86.5 cm³/mol. The molecule has 0 spiro atoms.